The predicted octanol–water partition coefficient (Wildman–Crippen LogP) is 4.39. The molecule has 1 amide bonds. The number of nitrogens with one attached hydrogen (secondary N) is 2. The van der Waals surface area contributed by atoms with E-state index < -0.39 is 0 Å². The summed E-state index contributed by atoms with van der Waals surface area (Å²) >= 11 is 0. The standard InChI is InChI=1S/C23H20N4O2/c1-15(18-8-7-16-5-3-4-6-19(16)13-18)24-27-23(28)22-14-21(25-26-22)17-9-11-20(29-2)12-10-17/h3-14H,1-2H3,(H,25,26)(H,27,28). The van der Waals surface area contributed by atoms with Crippen LogP contribution in [0, 0.1) is 0 Å². The Morgan fingerprint density at radius 3 is 2.52 bits per heavy atom. The number of nitrogens with zero attached hydrogens (tertiary/aromatic N) is 2. The number of methoxy groups -OCH3 is 1. The van der Waals surface area contributed by atoms with Crippen LogP contribution in [0.2, 0.25) is 0 Å². The van der Waals surface area contributed by atoms with Gasteiger partial charge in [0.05, 0.1) is 18.5 Å². The molecule has 0 fully saturated rings. The number of fused-ring (bicyclic) bond motifs is 1. The first-order chi connectivity index (χ1) is 14.1. The first kappa shape index (κ1) is 18.4. The van der Waals surface area contributed by atoms with Gasteiger partial charge in [0, 0.05) is 5.56 Å². The summed E-state index contributed by atoms with van der Waals surface area (Å²) in [6.45, 7) is 1.86. The molecule has 0 saturated heterocycles. The molecule has 0 atom stereocenters. The lowest BCUT2D eigenvalue weighted by Gasteiger charge is -2.04. The van der Waals surface area contributed by atoms with Crippen LogP contribution in [0.25, 0.3) is 22.0 Å². The lowest BCUT2D eigenvalue weighted by molar-refractivity contribution is 0.0950. The van der Waals surface area contributed by atoms with Gasteiger partial charge in [-0.25, -0.2) is 5.43 Å². The van der Waals surface area contributed by atoms with Crippen LogP contribution < -0.4 is 10.2 Å². The SMILES string of the molecule is COc1ccc(-c2cc(C(=O)NN=C(C)c3ccc4ccccc4c3)[nH]n2)cc1. The summed E-state index contributed by atoms with van der Waals surface area (Å²) in [7, 11) is 1.62. The van der Waals surface area contributed by atoms with Crippen LogP contribution in [0.3, 0.4) is 0 Å². The van der Waals surface area contributed by atoms with Gasteiger partial charge in [0.1, 0.15) is 11.4 Å². The van der Waals surface area contributed by atoms with Crippen LogP contribution in [0.5, 0.6) is 5.75 Å². The maximum absolute atomic E-state index is 12.4. The van der Waals surface area contributed by atoms with Crippen molar-refractivity contribution in [3.8, 4) is 17.0 Å². The zero-order valence-corrected chi connectivity index (χ0v) is 16.1. The molecular weight excluding hydrogens is 364 g/mol. The number of rotatable bonds is 5. The van der Waals surface area contributed by atoms with Gasteiger partial charge in [0.2, 0.25) is 0 Å². The van der Waals surface area contributed by atoms with Gasteiger partial charge in [0.15, 0.2) is 0 Å². The topological polar surface area (TPSA) is 79.4 Å². The number of aromatic amines is 1. The van der Waals surface area contributed by atoms with Crippen LogP contribution in [0.1, 0.15) is 23.0 Å². The molecule has 0 aliphatic carbocycles. The molecule has 4 aromatic rings. The van der Waals surface area contributed by atoms with E-state index in [0.717, 1.165) is 33.4 Å². The average Bonchev–Trinajstić information content (AvgIpc) is 3.27. The highest BCUT2D eigenvalue weighted by Gasteiger charge is 2.11. The molecule has 0 aliphatic heterocycles. The second-order valence-electron chi connectivity index (χ2n) is 6.60. The largest absolute Gasteiger partial charge is 0.497 e. The molecule has 0 bridgehead atoms. The second-order valence-corrected chi connectivity index (χ2v) is 6.60. The van der Waals surface area contributed by atoms with Gasteiger partial charge >= 0.3 is 0 Å². The summed E-state index contributed by atoms with van der Waals surface area (Å²) in [6.07, 6.45) is 0. The fourth-order valence-corrected chi connectivity index (χ4v) is 3.02. The monoisotopic (exact) mass is 384 g/mol. The number of carbonyl (C=O) groups is 1. The zero-order valence-electron chi connectivity index (χ0n) is 16.1. The zero-order chi connectivity index (χ0) is 20.2. The Bertz CT molecular complexity index is 1190. The minimum Gasteiger partial charge on any atom is -0.497 e. The Labute approximate surface area is 168 Å². The average molecular weight is 384 g/mol. The van der Waals surface area contributed by atoms with Crippen LogP contribution in [0.15, 0.2) is 77.9 Å². The van der Waals surface area contributed by atoms with E-state index in [1.165, 1.54) is 0 Å². The number of aromatic nitrogens is 2. The highest BCUT2D eigenvalue weighted by molar-refractivity contribution is 6.03. The Balaban J connectivity index is 1.47. The van der Waals surface area contributed by atoms with Crippen molar-refractivity contribution in [2.45, 2.75) is 6.92 Å². The molecule has 0 saturated carbocycles. The predicted molar refractivity (Wildman–Crippen MR) is 114 cm³/mol. The van der Waals surface area contributed by atoms with Crippen molar-refractivity contribution in [3.05, 3.63) is 84.1 Å². The van der Waals surface area contributed by atoms with Gasteiger partial charge < -0.3 is 4.74 Å². The van der Waals surface area contributed by atoms with Gasteiger partial charge in [-0.2, -0.15) is 10.2 Å². The maximum atomic E-state index is 12.4. The quantitative estimate of drug-likeness (QED) is 0.396. The van der Waals surface area contributed by atoms with E-state index in [1.807, 2.05) is 55.5 Å². The van der Waals surface area contributed by atoms with Crippen molar-refractivity contribution >= 4 is 22.4 Å². The lowest BCUT2D eigenvalue weighted by Crippen LogP contribution is -2.19. The number of hydrogen-bond donors (Lipinski definition) is 2. The van der Waals surface area contributed by atoms with Crippen molar-refractivity contribution in [2.75, 3.05) is 7.11 Å². The van der Waals surface area contributed by atoms with Gasteiger partial charge in [0.25, 0.3) is 5.91 Å². The number of carbonyl (C=O) groups excluding carboxylic acids is 1. The van der Waals surface area contributed by atoms with Crippen LogP contribution >= 0.6 is 0 Å². The van der Waals surface area contributed by atoms with Crippen molar-refractivity contribution in [3.63, 3.8) is 0 Å². The Morgan fingerprint density at radius 1 is 1.00 bits per heavy atom. The van der Waals surface area contributed by atoms with Crippen LogP contribution in [0.4, 0.5) is 0 Å². The highest BCUT2D eigenvalue weighted by Crippen LogP contribution is 2.21. The van der Waals surface area contributed by atoms with Crippen molar-refractivity contribution in [1.29, 1.82) is 0 Å². The number of amides is 1. The van der Waals surface area contributed by atoms with E-state index in [4.69, 9.17) is 4.74 Å². The van der Waals surface area contributed by atoms with Gasteiger partial charge in [-0.1, -0.05) is 36.4 Å². The molecule has 2 N–H and O–H groups in total. The fourth-order valence-electron chi connectivity index (χ4n) is 3.02. The molecule has 0 unspecified atom stereocenters. The van der Waals surface area contributed by atoms with E-state index >= 15 is 0 Å². The van der Waals surface area contributed by atoms with Gasteiger partial charge in [-0.15, -0.1) is 0 Å². The molecular formula is C23H20N4O2. The number of H-pyrrole nitrogens is 1. The minimum absolute atomic E-state index is 0.339. The number of ether oxygens (including phenoxy) is 1. The van der Waals surface area contributed by atoms with Crippen molar-refractivity contribution in [1.82, 2.24) is 15.6 Å². The summed E-state index contributed by atoms with van der Waals surface area (Å²) in [4.78, 5) is 12.4. The summed E-state index contributed by atoms with van der Waals surface area (Å²) in [5.74, 6) is 0.415. The molecule has 29 heavy (non-hydrogen) atoms. The Hall–Kier alpha value is -3.93. The van der Waals surface area contributed by atoms with E-state index in [0.29, 0.717) is 11.4 Å². The van der Waals surface area contributed by atoms with E-state index in [-0.39, 0.29) is 5.91 Å². The maximum Gasteiger partial charge on any atom is 0.289 e. The molecule has 1 heterocycles. The third kappa shape index (κ3) is 4.01. The minimum atomic E-state index is -0.350. The third-order valence-corrected chi connectivity index (χ3v) is 4.70. The lowest BCUT2D eigenvalue weighted by atomic mass is 10.0. The molecule has 0 aliphatic rings. The van der Waals surface area contributed by atoms with E-state index in [1.54, 1.807) is 13.2 Å². The van der Waals surface area contributed by atoms with E-state index in [2.05, 4.69) is 38.9 Å². The second kappa shape index (κ2) is 7.98. The molecule has 6 heteroatoms. The van der Waals surface area contributed by atoms with Gasteiger partial charge in [-0.3, -0.25) is 9.89 Å². The van der Waals surface area contributed by atoms with E-state index in [9.17, 15) is 4.79 Å². The van der Waals surface area contributed by atoms with Gasteiger partial charge in [-0.05, 0) is 59.7 Å². The smallest absolute Gasteiger partial charge is 0.289 e. The van der Waals surface area contributed by atoms with Crippen LogP contribution in [-0.4, -0.2) is 28.9 Å². The molecule has 3 aromatic carbocycles. The van der Waals surface area contributed by atoms with Crippen LogP contribution in [-0.2, 0) is 0 Å². The number of hydrazone groups is 1. The first-order valence-corrected chi connectivity index (χ1v) is 9.18. The number of hydrogen-bond acceptors (Lipinski definition) is 4. The number of benzene rings is 3. The van der Waals surface area contributed by atoms with Crippen molar-refractivity contribution < 1.29 is 9.53 Å². The molecule has 144 valence electrons. The first-order valence-electron chi connectivity index (χ1n) is 9.18. The molecule has 4 rings (SSSR count). The Morgan fingerprint density at radius 2 is 1.76 bits per heavy atom. The molecule has 0 radical (unpaired) electrons. The summed E-state index contributed by atoms with van der Waals surface area (Å²) in [5.41, 5.74) is 6.16. The third-order valence-electron chi connectivity index (χ3n) is 4.70. The summed E-state index contributed by atoms with van der Waals surface area (Å²) in [5, 5.41) is 13.5. The summed E-state index contributed by atoms with van der Waals surface area (Å²) < 4.78 is 5.16. The van der Waals surface area contributed by atoms with Crippen molar-refractivity contribution in [2.24, 2.45) is 5.10 Å². The molecule has 1 aromatic heterocycles. The molecule has 6 nitrogen and oxygen atoms in total. The Kier molecular flexibility index (Phi) is 5.07. The highest BCUT2D eigenvalue weighted by atomic mass is 16.5. The fraction of sp³-hybridized carbons (Fsp3) is 0.0870. The molecule has 0 spiro atoms. The normalized spacial score (nSPS) is 11.4. The summed E-state index contributed by atoms with van der Waals surface area (Å²) in [6, 6.07) is 23.4.